The smallest absolute Gasteiger partial charge is 0.245 e. The lowest BCUT2D eigenvalue weighted by Crippen LogP contribution is -2.45. The van der Waals surface area contributed by atoms with E-state index in [2.05, 4.69) is 0 Å². The molecule has 1 aliphatic heterocycles. The molecule has 0 bridgehead atoms. The fraction of sp³-hybridized carbons (Fsp3) is 0.118. The molecule has 2 aromatic rings. The summed E-state index contributed by atoms with van der Waals surface area (Å²) in [6.45, 7) is 0.582. The summed E-state index contributed by atoms with van der Waals surface area (Å²) < 4.78 is 0. The molecule has 1 amide bonds. The molecule has 0 saturated heterocycles. The Morgan fingerprint density at radius 2 is 1.55 bits per heavy atom. The van der Waals surface area contributed by atoms with Crippen molar-refractivity contribution in [1.82, 2.24) is 5.01 Å². The Hall–Kier alpha value is -2.55. The molecule has 0 aromatic heterocycles. The van der Waals surface area contributed by atoms with Gasteiger partial charge >= 0.3 is 0 Å². The van der Waals surface area contributed by atoms with Crippen molar-refractivity contribution in [3.63, 3.8) is 0 Å². The SMILES string of the molecule is O=C1CC=CN(c2ccccc2)N1Cc1ccccc1. The zero-order valence-corrected chi connectivity index (χ0v) is 11.1. The van der Waals surface area contributed by atoms with Crippen molar-refractivity contribution in [3.8, 4) is 0 Å². The number of amides is 1. The van der Waals surface area contributed by atoms with Crippen LogP contribution in [0.1, 0.15) is 12.0 Å². The molecule has 1 heterocycles. The van der Waals surface area contributed by atoms with E-state index >= 15 is 0 Å². The Bertz CT molecular complexity index is 607. The first-order chi connectivity index (χ1) is 9.84. The number of hydrazine groups is 1. The summed E-state index contributed by atoms with van der Waals surface area (Å²) in [6, 6.07) is 20.0. The highest BCUT2D eigenvalue weighted by Crippen LogP contribution is 2.22. The van der Waals surface area contributed by atoms with E-state index in [0.717, 1.165) is 11.3 Å². The Labute approximate surface area is 118 Å². The Morgan fingerprint density at radius 1 is 0.900 bits per heavy atom. The van der Waals surface area contributed by atoms with Gasteiger partial charge in [-0.25, -0.2) is 5.01 Å². The molecule has 20 heavy (non-hydrogen) atoms. The molecule has 0 spiro atoms. The van der Waals surface area contributed by atoms with Gasteiger partial charge in [0, 0.05) is 12.6 Å². The van der Waals surface area contributed by atoms with E-state index in [1.54, 1.807) is 5.01 Å². The molecule has 0 fully saturated rings. The second kappa shape index (κ2) is 5.61. The minimum absolute atomic E-state index is 0.111. The van der Waals surface area contributed by atoms with Crippen LogP contribution in [-0.4, -0.2) is 10.9 Å². The van der Waals surface area contributed by atoms with Gasteiger partial charge in [-0.15, -0.1) is 0 Å². The van der Waals surface area contributed by atoms with Crippen LogP contribution in [0.5, 0.6) is 0 Å². The van der Waals surface area contributed by atoms with Crippen molar-refractivity contribution < 1.29 is 4.79 Å². The van der Waals surface area contributed by atoms with E-state index in [1.807, 2.05) is 77.9 Å². The number of benzene rings is 2. The normalized spacial score (nSPS) is 14.7. The van der Waals surface area contributed by atoms with Gasteiger partial charge in [0.2, 0.25) is 5.91 Å². The third-order valence-electron chi connectivity index (χ3n) is 3.28. The van der Waals surface area contributed by atoms with E-state index in [9.17, 15) is 4.79 Å². The van der Waals surface area contributed by atoms with Crippen LogP contribution in [0.2, 0.25) is 0 Å². The Morgan fingerprint density at radius 3 is 2.25 bits per heavy atom. The van der Waals surface area contributed by atoms with Crippen molar-refractivity contribution >= 4 is 11.6 Å². The number of nitrogens with zero attached hydrogens (tertiary/aromatic N) is 2. The van der Waals surface area contributed by atoms with Crippen molar-refractivity contribution in [2.24, 2.45) is 0 Å². The molecule has 3 heteroatoms. The number of anilines is 1. The fourth-order valence-corrected chi connectivity index (χ4v) is 2.29. The summed E-state index contributed by atoms with van der Waals surface area (Å²) in [4.78, 5) is 12.2. The second-order valence-corrected chi connectivity index (χ2v) is 4.71. The molecule has 0 atom stereocenters. The quantitative estimate of drug-likeness (QED) is 0.848. The third kappa shape index (κ3) is 2.57. The summed E-state index contributed by atoms with van der Waals surface area (Å²) in [5, 5.41) is 3.70. The van der Waals surface area contributed by atoms with Gasteiger partial charge in [0.05, 0.1) is 12.2 Å². The molecule has 0 N–H and O–H groups in total. The zero-order chi connectivity index (χ0) is 13.8. The second-order valence-electron chi connectivity index (χ2n) is 4.71. The average molecular weight is 264 g/mol. The predicted molar refractivity (Wildman–Crippen MR) is 79.7 cm³/mol. The van der Waals surface area contributed by atoms with Crippen molar-refractivity contribution in [1.29, 1.82) is 0 Å². The third-order valence-corrected chi connectivity index (χ3v) is 3.28. The van der Waals surface area contributed by atoms with Crippen molar-refractivity contribution in [3.05, 3.63) is 78.5 Å². The maximum atomic E-state index is 12.2. The monoisotopic (exact) mass is 264 g/mol. The van der Waals surface area contributed by atoms with Gasteiger partial charge in [0.25, 0.3) is 0 Å². The number of para-hydroxylation sites is 1. The van der Waals surface area contributed by atoms with Gasteiger partial charge < -0.3 is 0 Å². The molecule has 0 aliphatic carbocycles. The molecule has 3 rings (SSSR count). The number of carbonyl (C=O) groups excluding carboxylic acids is 1. The van der Waals surface area contributed by atoms with E-state index in [0.29, 0.717) is 13.0 Å². The molecule has 0 saturated carbocycles. The summed E-state index contributed by atoms with van der Waals surface area (Å²) in [6.07, 6.45) is 4.31. The molecule has 0 unspecified atom stereocenters. The molecular formula is C17H16N2O. The molecule has 3 nitrogen and oxygen atoms in total. The maximum absolute atomic E-state index is 12.2. The lowest BCUT2D eigenvalue weighted by Gasteiger charge is -2.36. The highest BCUT2D eigenvalue weighted by molar-refractivity contribution is 5.81. The molecule has 1 aliphatic rings. The van der Waals surface area contributed by atoms with Crippen LogP contribution in [0.15, 0.2) is 72.9 Å². The van der Waals surface area contributed by atoms with Gasteiger partial charge in [-0.2, -0.15) is 0 Å². The minimum Gasteiger partial charge on any atom is -0.273 e. The average Bonchev–Trinajstić information content (AvgIpc) is 2.51. The lowest BCUT2D eigenvalue weighted by atomic mass is 10.2. The van der Waals surface area contributed by atoms with E-state index < -0.39 is 0 Å². The Kier molecular flexibility index (Phi) is 3.50. The van der Waals surface area contributed by atoms with Crippen LogP contribution in [0, 0.1) is 0 Å². The van der Waals surface area contributed by atoms with Crippen LogP contribution in [0.4, 0.5) is 5.69 Å². The fourth-order valence-electron chi connectivity index (χ4n) is 2.29. The molecular weight excluding hydrogens is 248 g/mol. The number of carbonyl (C=O) groups is 1. The van der Waals surface area contributed by atoms with Gasteiger partial charge in [0.15, 0.2) is 0 Å². The lowest BCUT2D eigenvalue weighted by molar-refractivity contribution is -0.131. The standard InChI is InChI=1S/C17H16N2O/c20-17-12-7-13-18(16-10-5-2-6-11-16)19(17)14-15-8-3-1-4-9-15/h1-11,13H,12,14H2. The first-order valence-electron chi connectivity index (χ1n) is 6.70. The first kappa shape index (κ1) is 12.5. The topological polar surface area (TPSA) is 23.6 Å². The van der Waals surface area contributed by atoms with Gasteiger partial charge in [-0.1, -0.05) is 54.6 Å². The first-order valence-corrected chi connectivity index (χ1v) is 6.70. The molecule has 100 valence electrons. The highest BCUT2D eigenvalue weighted by Gasteiger charge is 2.22. The van der Waals surface area contributed by atoms with E-state index in [-0.39, 0.29) is 5.91 Å². The summed E-state index contributed by atoms with van der Waals surface area (Å²) in [7, 11) is 0. The van der Waals surface area contributed by atoms with Crippen LogP contribution >= 0.6 is 0 Å². The largest absolute Gasteiger partial charge is 0.273 e. The van der Waals surface area contributed by atoms with E-state index in [1.165, 1.54) is 0 Å². The van der Waals surface area contributed by atoms with Gasteiger partial charge in [-0.3, -0.25) is 9.80 Å². The highest BCUT2D eigenvalue weighted by atomic mass is 16.2. The zero-order valence-electron chi connectivity index (χ0n) is 11.1. The van der Waals surface area contributed by atoms with Crippen LogP contribution in [0.25, 0.3) is 0 Å². The molecule has 0 radical (unpaired) electrons. The number of hydrogen-bond donors (Lipinski definition) is 0. The van der Waals surface area contributed by atoms with Gasteiger partial charge in [0.1, 0.15) is 0 Å². The Balaban J connectivity index is 1.89. The van der Waals surface area contributed by atoms with Crippen LogP contribution in [-0.2, 0) is 11.3 Å². The number of rotatable bonds is 3. The number of hydrogen-bond acceptors (Lipinski definition) is 2. The van der Waals surface area contributed by atoms with E-state index in [4.69, 9.17) is 0 Å². The molecule has 2 aromatic carbocycles. The van der Waals surface area contributed by atoms with Crippen molar-refractivity contribution in [2.75, 3.05) is 5.01 Å². The van der Waals surface area contributed by atoms with Gasteiger partial charge in [-0.05, 0) is 17.7 Å². The maximum Gasteiger partial charge on any atom is 0.245 e. The summed E-state index contributed by atoms with van der Waals surface area (Å²) in [5.41, 5.74) is 2.12. The van der Waals surface area contributed by atoms with Crippen LogP contribution in [0.3, 0.4) is 0 Å². The summed E-state index contributed by atoms with van der Waals surface area (Å²) in [5.74, 6) is 0.111. The predicted octanol–water partition coefficient (Wildman–Crippen LogP) is 3.35. The van der Waals surface area contributed by atoms with Crippen molar-refractivity contribution in [2.45, 2.75) is 13.0 Å². The minimum atomic E-state index is 0.111. The summed E-state index contributed by atoms with van der Waals surface area (Å²) >= 11 is 0. The van der Waals surface area contributed by atoms with Crippen LogP contribution < -0.4 is 5.01 Å².